The smallest absolute Gasteiger partial charge is 0.416 e. The molecule has 0 saturated carbocycles. The molecule has 1 aromatic carbocycles. The van der Waals surface area contributed by atoms with E-state index in [-0.39, 0.29) is 35.8 Å². The lowest BCUT2D eigenvalue weighted by molar-refractivity contribution is -0.137. The summed E-state index contributed by atoms with van der Waals surface area (Å²) in [6.07, 6.45) is 0.499. The van der Waals surface area contributed by atoms with Crippen LogP contribution in [0.4, 0.5) is 13.2 Å². The number of ether oxygens (including phenoxy) is 1. The van der Waals surface area contributed by atoms with E-state index in [2.05, 4.69) is 9.97 Å². The SMILES string of the molecule is O=C(CCCl)N1CCCC(c2nccnc2Oc2ccc(C(F)(F)F)cc2)C1. The number of piperidine rings is 1. The van der Waals surface area contributed by atoms with Gasteiger partial charge in [0.1, 0.15) is 11.4 Å². The highest BCUT2D eigenvalue weighted by Gasteiger charge is 2.31. The number of aromatic nitrogens is 2. The Morgan fingerprint density at radius 3 is 2.61 bits per heavy atom. The lowest BCUT2D eigenvalue weighted by atomic mass is 9.94. The Kier molecular flexibility index (Phi) is 6.39. The summed E-state index contributed by atoms with van der Waals surface area (Å²) >= 11 is 5.66. The van der Waals surface area contributed by atoms with Crippen molar-refractivity contribution < 1.29 is 22.7 Å². The zero-order chi connectivity index (χ0) is 20.1. The van der Waals surface area contributed by atoms with Gasteiger partial charge < -0.3 is 9.64 Å². The molecule has 1 aromatic heterocycles. The molecule has 2 heterocycles. The molecule has 1 amide bonds. The number of benzene rings is 1. The molecule has 0 spiro atoms. The van der Waals surface area contributed by atoms with Crippen molar-refractivity contribution in [1.29, 1.82) is 0 Å². The highest BCUT2D eigenvalue weighted by Crippen LogP contribution is 2.34. The zero-order valence-corrected chi connectivity index (χ0v) is 15.7. The van der Waals surface area contributed by atoms with Gasteiger partial charge in [0.05, 0.1) is 5.56 Å². The van der Waals surface area contributed by atoms with Crippen molar-refractivity contribution >= 4 is 17.5 Å². The van der Waals surface area contributed by atoms with Gasteiger partial charge in [0.2, 0.25) is 11.8 Å². The summed E-state index contributed by atoms with van der Waals surface area (Å²) in [5.41, 5.74) is -0.161. The van der Waals surface area contributed by atoms with Gasteiger partial charge in [-0.15, -0.1) is 11.6 Å². The molecule has 2 aromatic rings. The maximum atomic E-state index is 12.7. The van der Waals surface area contributed by atoms with Crippen LogP contribution in [0.3, 0.4) is 0 Å². The van der Waals surface area contributed by atoms with Crippen LogP contribution in [0, 0.1) is 0 Å². The van der Waals surface area contributed by atoms with Crippen molar-refractivity contribution in [3.05, 3.63) is 47.9 Å². The average molecular weight is 414 g/mol. The first-order chi connectivity index (χ1) is 13.4. The van der Waals surface area contributed by atoms with Crippen LogP contribution >= 0.6 is 11.6 Å². The van der Waals surface area contributed by atoms with Gasteiger partial charge in [0.15, 0.2) is 0 Å². The largest absolute Gasteiger partial charge is 0.437 e. The van der Waals surface area contributed by atoms with E-state index < -0.39 is 11.7 Å². The fraction of sp³-hybridized carbons (Fsp3) is 0.421. The van der Waals surface area contributed by atoms with Gasteiger partial charge in [-0.05, 0) is 37.1 Å². The molecule has 1 unspecified atom stereocenters. The first-order valence-corrected chi connectivity index (χ1v) is 9.41. The van der Waals surface area contributed by atoms with Gasteiger partial charge in [-0.2, -0.15) is 13.2 Å². The summed E-state index contributed by atoms with van der Waals surface area (Å²) in [5, 5.41) is 0. The zero-order valence-electron chi connectivity index (χ0n) is 15.0. The minimum Gasteiger partial charge on any atom is -0.437 e. The minimum absolute atomic E-state index is 0.00574. The van der Waals surface area contributed by atoms with E-state index in [4.69, 9.17) is 16.3 Å². The average Bonchev–Trinajstić information content (AvgIpc) is 2.68. The third kappa shape index (κ3) is 4.92. The monoisotopic (exact) mass is 413 g/mol. The summed E-state index contributed by atoms with van der Waals surface area (Å²) in [5.74, 6) is 0.674. The first-order valence-electron chi connectivity index (χ1n) is 8.88. The van der Waals surface area contributed by atoms with Gasteiger partial charge in [-0.1, -0.05) is 0 Å². The molecule has 5 nitrogen and oxygen atoms in total. The Labute approximate surface area is 165 Å². The molecule has 1 saturated heterocycles. The van der Waals surface area contributed by atoms with Crippen LogP contribution in [0.5, 0.6) is 11.6 Å². The topological polar surface area (TPSA) is 55.3 Å². The second-order valence-electron chi connectivity index (χ2n) is 6.49. The fourth-order valence-electron chi connectivity index (χ4n) is 3.18. The molecule has 1 aliphatic rings. The lowest BCUT2D eigenvalue weighted by Gasteiger charge is -2.32. The molecular weight excluding hydrogens is 395 g/mol. The van der Waals surface area contributed by atoms with Crippen LogP contribution < -0.4 is 4.74 Å². The number of rotatable bonds is 5. The highest BCUT2D eigenvalue weighted by molar-refractivity contribution is 6.18. The summed E-state index contributed by atoms with van der Waals surface area (Å²) in [6.45, 7) is 1.15. The van der Waals surface area contributed by atoms with Gasteiger partial charge in [-0.3, -0.25) is 9.78 Å². The molecule has 0 N–H and O–H groups in total. The molecular formula is C19H19ClF3N3O2. The molecule has 0 bridgehead atoms. The molecule has 150 valence electrons. The Balaban J connectivity index is 1.77. The number of hydrogen-bond acceptors (Lipinski definition) is 4. The quantitative estimate of drug-likeness (QED) is 0.671. The lowest BCUT2D eigenvalue weighted by Crippen LogP contribution is -2.39. The summed E-state index contributed by atoms with van der Waals surface area (Å²) < 4.78 is 43.8. The Hall–Kier alpha value is -2.35. The Morgan fingerprint density at radius 2 is 1.93 bits per heavy atom. The van der Waals surface area contributed by atoms with Crippen molar-refractivity contribution in [3.63, 3.8) is 0 Å². The van der Waals surface area contributed by atoms with Gasteiger partial charge in [0.25, 0.3) is 0 Å². The van der Waals surface area contributed by atoms with Gasteiger partial charge in [-0.25, -0.2) is 4.98 Å². The van der Waals surface area contributed by atoms with Crippen LogP contribution in [0.2, 0.25) is 0 Å². The molecule has 28 heavy (non-hydrogen) atoms. The Bertz CT molecular complexity index is 815. The molecule has 0 aliphatic carbocycles. The third-order valence-corrected chi connectivity index (χ3v) is 4.75. The molecule has 3 rings (SSSR count). The molecule has 0 radical (unpaired) electrons. The first kappa shape index (κ1) is 20.4. The fourth-order valence-corrected chi connectivity index (χ4v) is 3.35. The number of halogens is 4. The Morgan fingerprint density at radius 1 is 1.21 bits per heavy atom. The van der Waals surface area contributed by atoms with Crippen LogP contribution in [0.15, 0.2) is 36.7 Å². The second kappa shape index (κ2) is 8.77. The predicted octanol–water partition coefficient (Wildman–Crippen LogP) is 4.62. The van der Waals surface area contributed by atoms with Crippen LogP contribution in [0.25, 0.3) is 0 Å². The number of likely N-dealkylation sites (tertiary alicyclic amines) is 1. The van der Waals surface area contributed by atoms with Crippen LogP contribution in [-0.4, -0.2) is 39.7 Å². The third-order valence-electron chi connectivity index (χ3n) is 4.56. The number of nitrogens with zero attached hydrogens (tertiary/aromatic N) is 3. The summed E-state index contributed by atoms with van der Waals surface area (Å²) in [6, 6.07) is 4.41. The molecule has 1 fully saturated rings. The maximum Gasteiger partial charge on any atom is 0.416 e. The van der Waals surface area contributed by atoms with Gasteiger partial charge >= 0.3 is 6.18 Å². The molecule has 1 aliphatic heterocycles. The van der Waals surface area contributed by atoms with Crippen molar-refractivity contribution in [2.45, 2.75) is 31.4 Å². The van der Waals surface area contributed by atoms with Gasteiger partial charge in [0, 0.05) is 43.7 Å². The van der Waals surface area contributed by atoms with E-state index in [1.54, 1.807) is 4.90 Å². The normalized spacial score (nSPS) is 17.4. The van der Waals surface area contributed by atoms with E-state index in [0.29, 0.717) is 18.8 Å². The number of hydrogen-bond donors (Lipinski definition) is 0. The number of carbonyl (C=O) groups is 1. The van der Waals surface area contributed by atoms with Crippen LogP contribution in [-0.2, 0) is 11.0 Å². The standard InChI is InChI=1S/C19H19ClF3N3O2/c20-8-7-16(27)26-11-1-2-13(12-26)17-18(25-10-9-24-17)28-15-5-3-14(4-6-15)19(21,22)23/h3-6,9-10,13H,1-2,7-8,11-12H2. The number of carbonyl (C=O) groups excluding carboxylic acids is 1. The van der Waals surface area contributed by atoms with Crippen molar-refractivity contribution in [2.75, 3.05) is 19.0 Å². The summed E-state index contributed by atoms with van der Waals surface area (Å²) in [4.78, 5) is 22.5. The van der Waals surface area contributed by atoms with Crippen molar-refractivity contribution in [2.24, 2.45) is 0 Å². The van der Waals surface area contributed by atoms with Crippen molar-refractivity contribution in [3.8, 4) is 11.6 Å². The minimum atomic E-state index is -4.41. The van der Waals surface area contributed by atoms with Crippen molar-refractivity contribution in [1.82, 2.24) is 14.9 Å². The van der Waals surface area contributed by atoms with E-state index in [1.165, 1.54) is 24.5 Å². The van der Waals surface area contributed by atoms with Crippen LogP contribution in [0.1, 0.15) is 36.4 Å². The van der Waals surface area contributed by atoms with E-state index in [9.17, 15) is 18.0 Å². The van der Waals surface area contributed by atoms with E-state index >= 15 is 0 Å². The predicted molar refractivity (Wildman–Crippen MR) is 97.4 cm³/mol. The maximum absolute atomic E-state index is 12.7. The molecule has 1 atom stereocenters. The van der Waals surface area contributed by atoms with E-state index in [1.807, 2.05) is 0 Å². The second-order valence-corrected chi connectivity index (χ2v) is 6.87. The summed E-state index contributed by atoms with van der Waals surface area (Å²) in [7, 11) is 0. The molecule has 9 heteroatoms. The highest BCUT2D eigenvalue weighted by atomic mass is 35.5. The number of amides is 1. The number of alkyl halides is 4. The van der Waals surface area contributed by atoms with E-state index in [0.717, 1.165) is 25.0 Å².